The fraction of sp³-hybridized carbons (Fsp3) is 0.368. The van der Waals surface area contributed by atoms with Crippen LogP contribution in [0.4, 0.5) is 0 Å². The lowest BCUT2D eigenvalue weighted by Crippen LogP contribution is -2.11. The summed E-state index contributed by atoms with van der Waals surface area (Å²) in [6.07, 6.45) is 3.86. The SMILES string of the molecule is CC(C)(C=Cc1ccc2c(C(C)(C)C)ccccc1-2)N=O. The molecule has 2 aliphatic rings. The molecule has 0 N–H and O–H groups in total. The van der Waals surface area contributed by atoms with E-state index in [0.717, 1.165) is 5.56 Å². The van der Waals surface area contributed by atoms with Crippen molar-refractivity contribution in [3.8, 4) is 11.1 Å². The van der Waals surface area contributed by atoms with Gasteiger partial charge in [-0.25, -0.2) is 0 Å². The topological polar surface area (TPSA) is 29.4 Å². The van der Waals surface area contributed by atoms with Crippen molar-refractivity contribution in [1.82, 2.24) is 0 Å². The highest BCUT2D eigenvalue weighted by Crippen LogP contribution is 2.37. The van der Waals surface area contributed by atoms with Crippen LogP contribution in [0, 0.1) is 4.91 Å². The number of nitrogens with zero attached hydrogens (tertiary/aromatic N) is 1. The molecule has 21 heavy (non-hydrogen) atoms. The highest BCUT2D eigenvalue weighted by atomic mass is 16.3. The number of rotatable bonds is 3. The second kappa shape index (κ2) is 5.44. The monoisotopic (exact) mass is 281 g/mol. The molecule has 0 amide bonds. The summed E-state index contributed by atoms with van der Waals surface area (Å²) in [5.74, 6) is 0. The third kappa shape index (κ3) is 3.38. The van der Waals surface area contributed by atoms with E-state index >= 15 is 0 Å². The van der Waals surface area contributed by atoms with E-state index in [4.69, 9.17) is 0 Å². The van der Waals surface area contributed by atoms with Gasteiger partial charge in [-0.3, -0.25) is 0 Å². The Bertz CT molecular complexity index is 647. The quantitative estimate of drug-likeness (QED) is 0.669. The average Bonchev–Trinajstić information content (AvgIpc) is 2.65. The number of fused-ring (bicyclic) bond motifs is 1. The van der Waals surface area contributed by atoms with Crippen molar-refractivity contribution in [3.63, 3.8) is 0 Å². The molecule has 2 aliphatic carbocycles. The van der Waals surface area contributed by atoms with Gasteiger partial charge in [-0.05, 0) is 41.5 Å². The molecule has 110 valence electrons. The molecule has 0 unspecified atom stereocenters. The van der Waals surface area contributed by atoms with Crippen LogP contribution in [0.2, 0.25) is 0 Å². The van der Waals surface area contributed by atoms with E-state index in [1.165, 1.54) is 16.7 Å². The van der Waals surface area contributed by atoms with E-state index in [2.05, 4.69) is 62.3 Å². The Morgan fingerprint density at radius 1 is 0.905 bits per heavy atom. The summed E-state index contributed by atoms with van der Waals surface area (Å²) < 4.78 is 0. The van der Waals surface area contributed by atoms with Gasteiger partial charge in [-0.15, -0.1) is 4.91 Å². The average molecular weight is 281 g/mol. The first kappa shape index (κ1) is 15.4. The molecule has 0 saturated carbocycles. The Balaban J connectivity index is 2.51. The molecule has 0 fully saturated rings. The zero-order valence-electron chi connectivity index (χ0n) is 13.5. The van der Waals surface area contributed by atoms with Crippen LogP contribution in [0.1, 0.15) is 45.7 Å². The molecular weight excluding hydrogens is 258 g/mol. The maximum atomic E-state index is 10.8. The van der Waals surface area contributed by atoms with Gasteiger partial charge in [0.15, 0.2) is 0 Å². The fourth-order valence-electron chi connectivity index (χ4n) is 2.45. The second-order valence-electron chi connectivity index (χ2n) is 7.08. The van der Waals surface area contributed by atoms with E-state index in [1.807, 2.05) is 26.0 Å². The van der Waals surface area contributed by atoms with Crippen molar-refractivity contribution in [3.05, 3.63) is 58.5 Å². The lowest BCUT2D eigenvalue weighted by Gasteiger charge is -2.20. The fourth-order valence-corrected chi connectivity index (χ4v) is 2.45. The van der Waals surface area contributed by atoms with Crippen molar-refractivity contribution in [2.75, 3.05) is 0 Å². The molecule has 0 aromatic heterocycles. The Kier molecular flexibility index (Phi) is 3.99. The minimum absolute atomic E-state index is 0.0935. The second-order valence-corrected chi connectivity index (χ2v) is 7.08. The zero-order chi connectivity index (χ0) is 15.7. The van der Waals surface area contributed by atoms with Crippen molar-refractivity contribution >= 4 is 6.08 Å². The molecule has 0 atom stereocenters. The minimum atomic E-state index is -0.673. The lowest BCUT2D eigenvalue weighted by molar-refractivity contribution is 0.593. The first-order valence-electron chi connectivity index (χ1n) is 7.30. The molecular formula is C19H23NO. The number of hydrogen-bond acceptors (Lipinski definition) is 2. The van der Waals surface area contributed by atoms with Crippen LogP contribution in [0.15, 0.2) is 47.7 Å². The zero-order valence-corrected chi connectivity index (χ0v) is 13.5. The van der Waals surface area contributed by atoms with E-state index in [9.17, 15) is 4.91 Å². The molecule has 0 spiro atoms. The first-order chi connectivity index (χ1) is 9.74. The van der Waals surface area contributed by atoms with E-state index in [0.29, 0.717) is 0 Å². The van der Waals surface area contributed by atoms with Gasteiger partial charge in [0, 0.05) is 0 Å². The van der Waals surface area contributed by atoms with Crippen molar-refractivity contribution < 1.29 is 0 Å². The van der Waals surface area contributed by atoms with Crippen LogP contribution < -0.4 is 0 Å². The van der Waals surface area contributed by atoms with Crippen LogP contribution in [0.3, 0.4) is 0 Å². The van der Waals surface area contributed by atoms with Gasteiger partial charge in [0.05, 0.1) is 0 Å². The number of hydrogen-bond donors (Lipinski definition) is 0. The van der Waals surface area contributed by atoms with Crippen LogP contribution >= 0.6 is 0 Å². The summed E-state index contributed by atoms with van der Waals surface area (Å²) in [7, 11) is 0. The third-order valence-corrected chi connectivity index (χ3v) is 3.67. The molecule has 0 radical (unpaired) electrons. The first-order valence-corrected chi connectivity index (χ1v) is 7.30. The van der Waals surface area contributed by atoms with Gasteiger partial charge in [-0.2, -0.15) is 0 Å². The van der Waals surface area contributed by atoms with E-state index < -0.39 is 5.54 Å². The molecule has 0 aliphatic heterocycles. The standard InChI is InChI=1S/C19H23NO/c1-18(2,3)17-9-7-6-8-15-14(10-11-16(15)17)12-13-19(4,5)20-21/h6-13H,1-5H3. The highest BCUT2D eigenvalue weighted by molar-refractivity contribution is 5.81. The molecule has 2 rings (SSSR count). The van der Waals surface area contributed by atoms with Gasteiger partial charge in [0.25, 0.3) is 0 Å². The van der Waals surface area contributed by atoms with Crippen LogP contribution in [-0.4, -0.2) is 5.54 Å². The molecule has 2 nitrogen and oxygen atoms in total. The van der Waals surface area contributed by atoms with Crippen molar-refractivity contribution in [2.24, 2.45) is 5.18 Å². The predicted octanol–water partition coefficient (Wildman–Crippen LogP) is 5.65. The van der Waals surface area contributed by atoms with Crippen molar-refractivity contribution in [2.45, 2.75) is 45.6 Å². The molecule has 2 heteroatoms. The van der Waals surface area contributed by atoms with Crippen LogP contribution in [-0.2, 0) is 5.41 Å². The van der Waals surface area contributed by atoms with Gasteiger partial charge >= 0.3 is 0 Å². The summed E-state index contributed by atoms with van der Waals surface area (Å²) >= 11 is 0. The maximum absolute atomic E-state index is 10.8. The maximum Gasteiger partial charge on any atom is 0.115 e. The Labute approximate surface area is 127 Å². The molecule has 0 aromatic carbocycles. The van der Waals surface area contributed by atoms with E-state index in [-0.39, 0.29) is 5.41 Å². The van der Waals surface area contributed by atoms with Crippen LogP contribution in [0.5, 0.6) is 0 Å². The molecule has 0 saturated heterocycles. The molecule has 0 aromatic rings. The number of nitroso groups, excluding NO2 is 1. The minimum Gasteiger partial charge on any atom is -0.150 e. The summed E-state index contributed by atoms with van der Waals surface area (Å²) in [6, 6.07) is 12.7. The van der Waals surface area contributed by atoms with E-state index in [1.54, 1.807) is 0 Å². The predicted molar refractivity (Wildman–Crippen MR) is 90.7 cm³/mol. The summed E-state index contributed by atoms with van der Waals surface area (Å²) in [5.41, 5.74) is 4.36. The highest BCUT2D eigenvalue weighted by Gasteiger charge is 2.20. The lowest BCUT2D eigenvalue weighted by atomic mass is 9.84. The van der Waals surface area contributed by atoms with Gasteiger partial charge in [0.2, 0.25) is 0 Å². The largest absolute Gasteiger partial charge is 0.150 e. The summed E-state index contributed by atoms with van der Waals surface area (Å²) in [5, 5.41) is 3.13. The summed E-state index contributed by atoms with van der Waals surface area (Å²) in [4.78, 5) is 10.8. The normalized spacial score (nSPS) is 13.0. The Morgan fingerprint density at radius 3 is 2.19 bits per heavy atom. The Morgan fingerprint density at radius 2 is 1.57 bits per heavy atom. The molecule has 0 heterocycles. The van der Waals surface area contributed by atoms with Gasteiger partial charge in [-0.1, -0.05) is 74.5 Å². The molecule has 0 bridgehead atoms. The summed E-state index contributed by atoms with van der Waals surface area (Å²) in [6.45, 7) is 10.3. The smallest absolute Gasteiger partial charge is 0.115 e. The third-order valence-electron chi connectivity index (χ3n) is 3.67. The Hall–Kier alpha value is -1.96. The van der Waals surface area contributed by atoms with Gasteiger partial charge in [0.1, 0.15) is 5.54 Å². The van der Waals surface area contributed by atoms with Crippen LogP contribution in [0.25, 0.3) is 17.2 Å². The van der Waals surface area contributed by atoms with Gasteiger partial charge < -0.3 is 0 Å². The van der Waals surface area contributed by atoms with Crippen molar-refractivity contribution in [1.29, 1.82) is 0 Å².